The Kier molecular flexibility index (Phi) is 5.67. The van der Waals surface area contributed by atoms with Gasteiger partial charge in [-0.25, -0.2) is 9.18 Å². The number of aromatic carboxylic acids is 1. The molecule has 4 fully saturated rings. The van der Waals surface area contributed by atoms with Gasteiger partial charge in [-0.2, -0.15) is 0 Å². The fraction of sp³-hybridized carbons (Fsp3) is 0.708. The highest BCUT2D eigenvalue weighted by Gasteiger charge is 2.68. The zero-order valence-corrected chi connectivity index (χ0v) is 20.7. The number of alkyl halides is 1. The van der Waals surface area contributed by atoms with Crippen LogP contribution < -0.4 is 4.74 Å². The normalized spacial score (nSPS) is 31.7. The molecule has 5 atom stereocenters. The molecule has 176 valence electrons. The Labute approximate surface area is 195 Å². The average Bonchev–Trinajstić information content (AvgIpc) is 3.03. The number of benzene rings is 1. The second-order valence-electron chi connectivity index (χ2n) is 11.4. The molecule has 0 amide bonds. The Morgan fingerprint density at radius 1 is 1.38 bits per heavy atom. The van der Waals surface area contributed by atoms with Gasteiger partial charge < -0.3 is 19.2 Å². The lowest BCUT2D eigenvalue weighted by molar-refractivity contribution is -0.199. The number of hydrogen-bond acceptors (Lipinski definition) is 4. The molecule has 3 aliphatic carbocycles. The first-order valence-corrected chi connectivity index (χ1v) is 11.8. The van der Waals surface area contributed by atoms with Gasteiger partial charge in [0.05, 0.1) is 24.1 Å². The van der Waals surface area contributed by atoms with Crippen molar-refractivity contribution in [2.24, 2.45) is 17.3 Å². The van der Waals surface area contributed by atoms with Crippen LogP contribution in [0.4, 0.5) is 4.39 Å². The van der Waals surface area contributed by atoms with Gasteiger partial charge in [-0.15, -0.1) is 11.6 Å². The summed E-state index contributed by atoms with van der Waals surface area (Å²) in [6.45, 7) is 12.4. The van der Waals surface area contributed by atoms with Gasteiger partial charge in [0.2, 0.25) is 0 Å². The lowest BCUT2D eigenvalue weighted by atomic mass is 9.43. The third-order valence-corrected chi connectivity index (χ3v) is 8.54. The van der Waals surface area contributed by atoms with Gasteiger partial charge in [0.15, 0.2) is 0 Å². The number of methoxy groups -OCH3 is 1. The maximum atomic E-state index is 15.1. The van der Waals surface area contributed by atoms with Crippen LogP contribution in [0, 0.1) is 23.1 Å². The van der Waals surface area contributed by atoms with Gasteiger partial charge in [0.25, 0.3) is 0 Å². The number of halogens is 2. The van der Waals surface area contributed by atoms with Crippen molar-refractivity contribution in [1.29, 1.82) is 0 Å². The van der Waals surface area contributed by atoms with Gasteiger partial charge in [-0.3, -0.25) is 0 Å². The van der Waals surface area contributed by atoms with Crippen LogP contribution in [-0.2, 0) is 21.1 Å². The van der Waals surface area contributed by atoms with Crippen LogP contribution >= 0.6 is 11.6 Å². The number of ether oxygens (including phenoxy) is 1. The predicted octanol–water partition coefficient (Wildman–Crippen LogP) is 5.25. The third kappa shape index (κ3) is 3.47. The van der Waals surface area contributed by atoms with E-state index < -0.39 is 35.2 Å². The molecule has 0 radical (unpaired) electrons. The summed E-state index contributed by atoms with van der Waals surface area (Å²) < 4.78 is 33.4. The zero-order valence-electron chi connectivity index (χ0n) is 19.9. The summed E-state index contributed by atoms with van der Waals surface area (Å²) in [7, 11) is 0.739. The largest absolute Gasteiger partial charge is 0.496 e. The summed E-state index contributed by atoms with van der Waals surface area (Å²) in [6.07, 6.45) is 2.23. The van der Waals surface area contributed by atoms with E-state index in [9.17, 15) is 9.90 Å². The number of rotatable bonds is 5. The molecule has 5 rings (SSSR count). The Bertz CT molecular complexity index is 945. The topological polar surface area (TPSA) is 65.0 Å². The van der Waals surface area contributed by atoms with E-state index in [1.54, 1.807) is 0 Å². The van der Waals surface area contributed by atoms with Gasteiger partial charge in [0, 0.05) is 11.1 Å². The van der Waals surface area contributed by atoms with E-state index in [1.807, 2.05) is 20.8 Å². The molecular formula is C24H33BClFO5. The molecule has 1 saturated heterocycles. The van der Waals surface area contributed by atoms with Crippen molar-refractivity contribution in [3.05, 3.63) is 28.6 Å². The molecule has 1 aromatic carbocycles. The van der Waals surface area contributed by atoms with E-state index in [0.717, 1.165) is 18.9 Å². The summed E-state index contributed by atoms with van der Waals surface area (Å²) >= 11 is 6.84. The van der Waals surface area contributed by atoms with Gasteiger partial charge >= 0.3 is 13.1 Å². The molecular weight excluding hydrogens is 434 g/mol. The molecule has 32 heavy (non-hydrogen) atoms. The van der Waals surface area contributed by atoms with Gasteiger partial charge in [0.1, 0.15) is 17.1 Å². The van der Waals surface area contributed by atoms with Crippen molar-refractivity contribution in [1.82, 2.24) is 0 Å². The highest BCUT2D eigenvalue weighted by Crippen LogP contribution is 2.65. The maximum absolute atomic E-state index is 15.1. The molecule has 0 aromatic heterocycles. The minimum Gasteiger partial charge on any atom is -0.496 e. The van der Waals surface area contributed by atoms with E-state index in [4.69, 9.17) is 25.6 Å². The van der Waals surface area contributed by atoms with Crippen LogP contribution in [0.2, 0.25) is 0 Å². The summed E-state index contributed by atoms with van der Waals surface area (Å²) in [4.78, 5) is 11.8. The molecule has 5 nitrogen and oxygen atoms in total. The van der Waals surface area contributed by atoms with Crippen LogP contribution in [0.1, 0.15) is 75.9 Å². The molecule has 4 unspecified atom stereocenters. The predicted molar refractivity (Wildman–Crippen MR) is 122 cm³/mol. The summed E-state index contributed by atoms with van der Waals surface area (Å²) in [5.41, 5.74) is -0.130. The third-order valence-electron chi connectivity index (χ3n) is 8.18. The first-order chi connectivity index (χ1) is 14.7. The Hall–Kier alpha value is -1.31. The van der Waals surface area contributed by atoms with Crippen LogP contribution in [0.5, 0.6) is 5.75 Å². The first kappa shape index (κ1) is 23.8. The minimum atomic E-state index is -1.25. The molecule has 1 aliphatic heterocycles. The number of carboxylic acid groups (broad SMARTS) is 1. The van der Waals surface area contributed by atoms with Crippen molar-refractivity contribution in [3.8, 4) is 5.75 Å². The summed E-state index contributed by atoms with van der Waals surface area (Å²) in [5, 5.41) is 8.98. The molecule has 1 N–H and O–H groups in total. The molecule has 2 bridgehead atoms. The minimum absolute atomic E-state index is 0.0170. The fourth-order valence-electron chi connectivity index (χ4n) is 6.43. The summed E-state index contributed by atoms with van der Waals surface area (Å²) in [6, 6.07) is 1.03. The molecule has 1 aromatic rings. The van der Waals surface area contributed by atoms with Crippen molar-refractivity contribution in [2.45, 2.75) is 83.2 Å². The van der Waals surface area contributed by atoms with Gasteiger partial charge in [-0.1, -0.05) is 34.6 Å². The van der Waals surface area contributed by atoms with E-state index in [0.29, 0.717) is 23.0 Å². The molecule has 1 heterocycles. The van der Waals surface area contributed by atoms with Crippen LogP contribution in [-0.4, -0.2) is 42.3 Å². The quantitative estimate of drug-likeness (QED) is 0.474. The number of hydrogen-bond donors (Lipinski definition) is 1. The molecule has 8 heteroatoms. The second-order valence-corrected chi connectivity index (χ2v) is 12.0. The second kappa shape index (κ2) is 7.61. The highest BCUT2D eigenvalue weighted by atomic mass is 35.5. The lowest BCUT2D eigenvalue weighted by Crippen LogP contribution is -2.65. The molecule has 4 aliphatic rings. The number of carbonyl (C=O) groups is 1. The monoisotopic (exact) mass is 466 g/mol. The van der Waals surface area contributed by atoms with E-state index >= 15 is 4.39 Å². The lowest BCUT2D eigenvalue weighted by Gasteiger charge is -2.64. The maximum Gasteiger partial charge on any atom is 0.477 e. The van der Waals surface area contributed by atoms with Crippen molar-refractivity contribution in [2.75, 3.05) is 7.11 Å². The van der Waals surface area contributed by atoms with Crippen LogP contribution in [0.3, 0.4) is 0 Å². The standard InChI is InChI=1S/C24H33BClFO5/c1-22(2,3)19-13(20(30-7)14(21(28)29)10-15(19)27)11-18(26)25-31-17-9-12-8-16(23(12,4)5)24(17,6)32-25/h10,12,16-18H,8-9,11H2,1-7H3,(H,28,29)/t12?,16?,17?,18?,24-/m0/s1. The molecule has 0 spiro atoms. The van der Waals surface area contributed by atoms with Crippen LogP contribution in [0.15, 0.2) is 6.07 Å². The first-order valence-electron chi connectivity index (χ1n) is 11.3. The average molecular weight is 467 g/mol. The fourth-order valence-corrected chi connectivity index (χ4v) is 6.69. The Balaban J connectivity index is 1.67. The Morgan fingerprint density at radius 2 is 2.03 bits per heavy atom. The zero-order chi connectivity index (χ0) is 23.8. The van der Waals surface area contributed by atoms with Crippen molar-refractivity contribution >= 4 is 24.7 Å². The van der Waals surface area contributed by atoms with Gasteiger partial charge in [-0.05, 0) is 54.9 Å². The SMILES string of the molecule is COc1c(C(=O)O)cc(F)c(C(C)(C)C)c1CC(Cl)B1OC2CC3CC(C3(C)C)[C@]2(C)O1. The van der Waals surface area contributed by atoms with Crippen LogP contribution in [0.25, 0.3) is 0 Å². The number of carboxylic acids is 1. The highest BCUT2D eigenvalue weighted by molar-refractivity contribution is 6.60. The van der Waals surface area contributed by atoms with E-state index in [-0.39, 0.29) is 29.3 Å². The summed E-state index contributed by atoms with van der Waals surface area (Å²) in [5.74, 6) is -0.663. The van der Waals surface area contributed by atoms with Crippen molar-refractivity contribution < 1.29 is 28.3 Å². The Morgan fingerprint density at radius 3 is 2.56 bits per heavy atom. The smallest absolute Gasteiger partial charge is 0.477 e. The van der Waals surface area contributed by atoms with E-state index in [1.165, 1.54) is 7.11 Å². The molecule has 3 saturated carbocycles. The van der Waals surface area contributed by atoms with Crippen molar-refractivity contribution in [3.63, 3.8) is 0 Å². The van der Waals surface area contributed by atoms with E-state index in [2.05, 4.69) is 20.8 Å².